The van der Waals surface area contributed by atoms with Crippen LogP contribution in [0.15, 0.2) is 11.4 Å². The molecule has 0 spiro atoms. The number of carbonyl (C=O) groups excluding carboxylic acids is 1. The van der Waals surface area contributed by atoms with Gasteiger partial charge in [-0.05, 0) is 36.6 Å². The third-order valence-corrected chi connectivity index (χ3v) is 5.31. The lowest BCUT2D eigenvalue weighted by Crippen LogP contribution is -2.30. The number of carbonyl (C=O) groups is 1. The van der Waals surface area contributed by atoms with Crippen molar-refractivity contribution in [1.82, 2.24) is 0 Å². The molecule has 92 valence electrons. The summed E-state index contributed by atoms with van der Waals surface area (Å²) in [6.07, 6.45) is 3.42. The number of halogens is 1. The van der Waals surface area contributed by atoms with Gasteiger partial charge in [0.2, 0.25) is 0 Å². The molecule has 1 aliphatic carbocycles. The molecule has 0 amide bonds. The number of thiophene rings is 1. The van der Waals surface area contributed by atoms with E-state index in [1.165, 1.54) is 17.7 Å². The number of fused-ring (bicyclic) bond motifs is 1. The van der Waals surface area contributed by atoms with Crippen LogP contribution >= 0.6 is 27.3 Å². The summed E-state index contributed by atoms with van der Waals surface area (Å²) >= 11 is 5.03. The number of rotatable bonds is 3. The summed E-state index contributed by atoms with van der Waals surface area (Å²) in [5.74, 6) is 2.65. The van der Waals surface area contributed by atoms with Crippen LogP contribution in [0.1, 0.15) is 17.7 Å². The van der Waals surface area contributed by atoms with Crippen LogP contribution in [0.4, 0.5) is 0 Å². The molecular formula is C13H15BrO2S. The van der Waals surface area contributed by atoms with Crippen LogP contribution in [0.3, 0.4) is 0 Å². The molecule has 2 atom stereocenters. The van der Waals surface area contributed by atoms with E-state index < -0.39 is 0 Å². The highest BCUT2D eigenvalue weighted by molar-refractivity contribution is 9.09. The van der Waals surface area contributed by atoms with Gasteiger partial charge in [0.05, 0.1) is 11.9 Å². The zero-order chi connectivity index (χ0) is 11.8. The molecule has 2 aliphatic rings. The maximum atomic E-state index is 12.1. The van der Waals surface area contributed by atoms with Gasteiger partial charge < -0.3 is 4.74 Å². The second-order valence-electron chi connectivity index (χ2n) is 4.93. The van der Waals surface area contributed by atoms with Crippen LogP contribution in [0, 0.1) is 17.8 Å². The summed E-state index contributed by atoms with van der Waals surface area (Å²) in [4.78, 5) is 13.3. The highest BCUT2D eigenvalue weighted by Gasteiger charge is 2.41. The third kappa shape index (κ3) is 2.29. The first-order valence-corrected chi connectivity index (χ1v) is 8.07. The molecule has 2 heterocycles. The smallest absolute Gasteiger partial charge is 0.147 e. The Morgan fingerprint density at radius 1 is 1.53 bits per heavy atom. The molecule has 4 heteroatoms. The molecule has 0 aromatic carbocycles. The number of ether oxygens (including phenoxy) is 1. The number of hydrogen-bond donors (Lipinski definition) is 0. The highest BCUT2D eigenvalue weighted by Crippen LogP contribution is 2.45. The van der Waals surface area contributed by atoms with Crippen molar-refractivity contribution in [3.63, 3.8) is 0 Å². The molecule has 1 fully saturated rings. The van der Waals surface area contributed by atoms with Gasteiger partial charge in [0.15, 0.2) is 0 Å². The van der Waals surface area contributed by atoms with Crippen LogP contribution < -0.4 is 4.74 Å². The molecule has 1 aromatic heterocycles. The zero-order valence-electron chi connectivity index (χ0n) is 9.52. The van der Waals surface area contributed by atoms with E-state index in [1.54, 1.807) is 11.3 Å². The highest BCUT2D eigenvalue weighted by atomic mass is 79.9. The van der Waals surface area contributed by atoms with Crippen molar-refractivity contribution < 1.29 is 9.53 Å². The van der Waals surface area contributed by atoms with Gasteiger partial charge in [0, 0.05) is 16.7 Å². The van der Waals surface area contributed by atoms with E-state index in [4.69, 9.17) is 4.74 Å². The molecule has 1 aromatic rings. The Labute approximate surface area is 113 Å². The molecule has 0 bridgehead atoms. The lowest BCUT2D eigenvalue weighted by Gasteiger charge is -2.22. The fourth-order valence-corrected chi connectivity index (χ4v) is 3.99. The SMILES string of the molecule is O=C(CBr)C1Cc2sccc2OC[C@H]1C1CC1. The Bertz CT molecular complexity index is 425. The van der Waals surface area contributed by atoms with E-state index in [9.17, 15) is 4.79 Å². The lowest BCUT2D eigenvalue weighted by molar-refractivity contribution is -0.122. The molecule has 3 rings (SSSR count). The molecule has 2 nitrogen and oxygen atoms in total. The Hall–Kier alpha value is -0.350. The van der Waals surface area contributed by atoms with Crippen LogP contribution in [0.2, 0.25) is 0 Å². The van der Waals surface area contributed by atoms with Gasteiger partial charge in [-0.1, -0.05) is 15.9 Å². The first-order chi connectivity index (χ1) is 8.29. The third-order valence-electron chi connectivity index (χ3n) is 3.83. The first-order valence-electron chi connectivity index (χ1n) is 6.07. The van der Waals surface area contributed by atoms with Crippen LogP contribution in [0.5, 0.6) is 5.75 Å². The average molecular weight is 315 g/mol. The lowest BCUT2D eigenvalue weighted by atomic mass is 9.83. The second kappa shape index (κ2) is 4.73. The normalized spacial score (nSPS) is 28.1. The van der Waals surface area contributed by atoms with Gasteiger partial charge in [0.1, 0.15) is 11.5 Å². The molecule has 0 saturated heterocycles. The van der Waals surface area contributed by atoms with Crippen molar-refractivity contribution in [2.75, 3.05) is 11.9 Å². The molecule has 0 radical (unpaired) electrons. The quantitative estimate of drug-likeness (QED) is 0.800. The molecule has 1 unspecified atom stereocenters. The predicted octanol–water partition coefficient (Wildman–Crippen LogP) is 3.29. The van der Waals surface area contributed by atoms with Crippen molar-refractivity contribution in [1.29, 1.82) is 0 Å². The summed E-state index contributed by atoms with van der Waals surface area (Å²) in [5.41, 5.74) is 0. The Morgan fingerprint density at radius 2 is 2.35 bits per heavy atom. The van der Waals surface area contributed by atoms with E-state index >= 15 is 0 Å². The average Bonchev–Trinajstić information content (AvgIpc) is 3.11. The molecule has 17 heavy (non-hydrogen) atoms. The van der Waals surface area contributed by atoms with E-state index in [1.807, 2.05) is 6.07 Å². The summed E-state index contributed by atoms with van der Waals surface area (Å²) in [6.45, 7) is 0.720. The summed E-state index contributed by atoms with van der Waals surface area (Å²) in [6, 6.07) is 2.03. The van der Waals surface area contributed by atoms with Crippen molar-refractivity contribution in [2.24, 2.45) is 17.8 Å². The van der Waals surface area contributed by atoms with Crippen LogP contribution in [-0.2, 0) is 11.2 Å². The van der Waals surface area contributed by atoms with Gasteiger partial charge in [-0.15, -0.1) is 11.3 Å². The van der Waals surface area contributed by atoms with E-state index in [2.05, 4.69) is 21.3 Å². The fraction of sp³-hybridized carbons (Fsp3) is 0.615. The molecule has 1 aliphatic heterocycles. The first kappa shape index (κ1) is 11.7. The minimum atomic E-state index is 0.154. The number of Topliss-reactive ketones (excluding diaryl/α,β-unsaturated/α-hetero) is 1. The molecule has 1 saturated carbocycles. The molecule has 0 N–H and O–H groups in total. The van der Waals surface area contributed by atoms with E-state index in [0.717, 1.165) is 24.7 Å². The maximum Gasteiger partial charge on any atom is 0.147 e. The van der Waals surface area contributed by atoms with Gasteiger partial charge in [-0.25, -0.2) is 0 Å². The summed E-state index contributed by atoms with van der Waals surface area (Å²) in [7, 11) is 0. The minimum absolute atomic E-state index is 0.154. The Kier molecular flexibility index (Phi) is 3.26. The Morgan fingerprint density at radius 3 is 3.06 bits per heavy atom. The molecular weight excluding hydrogens is 300 g/mol. The van der Waals surface area contributed by atoms with E-state index in [-0.39, 0.29) is 5.92 Å². The fourth-order valence-electron chi connectivity index (χ4n) is 2.70. The monoisotopic (exact) mass is 314 g/mol. The summed E-state index contributed by atoms with van der Waals surface area (Å²) < 4.78 is 5.87. The van der Waals surface area contributed by atoms with Gasteiger partial charge in [0.25, 0.3) is 0 Å². The number of alkyl halides is 1. The number of hydrogen-bond acceptors (Lipinski definition) is 3. The van der Waals surface area contributed by atoms with Gasteiger partial charge in [-0.3, -0.25) is 4.79 Å². The number of ketones is 1. The van der Waals surface area contributed by atoms with Crippen molar-refractivity contribution in [3.05, 3.63) is 16.3 Å². The second-order valence-corrected chi connectivity index (χ2v) is 6.49. The van der Waals surface area contributed by atoms with Crippen molar-refractivity contribution >= 4 is 33.0 Å². The largest absolute Gasteiger partial charge is 0.492 e. The zero-order valence-corrected chi connectivity index (χ0v) is 11.9. The predicted molar refractivity (Wildman–Crippen MR) is 72.0 cm³/mol. The standard InChI is InChI=1S/C13H15BrO2S/c14-6-11(15)9-5-13-12(3-4-17-13)16-7-10(9)8-1-2-8/h3-4,8-10H,1-2,5-7H2/t9?,10-/m0/s1. The van der Waals surface area contributed by atoms with Crippen LogP contribution in [-0.4, -0.2) is 17.7 Å². The van der Waals surface area contributed by atoms with Gasteiger partial charge >= 0.3 is 0 Å². The topological polar surface area (TPSA) is 26.3 Å². The van der Waals surface area contributed by atoms with Crippen molar-refractivity contribution in [2.45, 2.75) is 19.3 Å². The van der Waals surface area contributed by atoms with Gasteiger partial charge in [-0.2, -0.15) is 0 Å². The minimum Gasteiger partial charge on any atom is -0.492 e. The Balaban J connectivity index is 1.87. The summed E-state index contributed by atoms with van der Waals surface area (Å²) in [5, 5.41) is 2.53. The van der Waals surface area contributed by atoms with E-state index in [0.29, 0.717) is 17.0 Å². The van der Waals surface area contributed by atoms with Crippen molar-refractivity contribution in [3.8, 4) is 5.75 Å². The van der Waals surface area contributed by atoms with Crippen LogP contribution in [0.25, 0.3) is 0 Å². The maximum absolute atomic E-state index is 12.1.